The van der Waals surface area contributed by atoms with Crippen molar-refractivity contribution in [3.8, 4) is 0 Å². The van der Waals surface area contributed by atoms with Gasteiger partial charge in [0.25, 0.3) is 0 Å². The van der Waals surface area contributed by atoms with Gasteiger partial charge in [0.1, 0.15) is 0 Å². The van der Waals surface area contributed by atoms with Gasteiger partial charge in [-0.2, -0.15) is 0 Å². The number of hydrogen-bond acceptors (Lipinski definition) is 2. The zero-order valence-corrected chi connectivity index (χ0v) is 11.9. The summed E-state index contributed by atoms with van der Waals surface area (Å²) in [5.41, 5.74) is 1.19. The molecule has 2 aromatic carbocycles. The molecule has 5 nitrogen and oxygen atoms in total. The molecule has 0 unspecified atom stereocenters. The Labute approximate surface area is 123 Å². The van der Waals surface area contributed by atoms with Gasteiger partial charge in [-0.1, -0.05) is 30.3 Å². The third kappa shape index (κ3) is 3.02. The molecule has 21 heavy (non-hydrogen) atoms. The van der Waals surface area contributed by atoms with Crippen molar-refractivity contribution in [1.82, 2.24) is 0 Å². The molecule has 0 aliphatic carbocycles. The topological polar surface area (TPSA) is 60.9 Å². The van der Waals surface area contributed by atoms with Crippen molar-refractivity contribution in [2.24, 2.45) is 0 Å². The van der Waals surface area contributed by atoms with Gasteiger partial charge in [0.05, 0.1) is 11.3 Å². The van der Waals surface area contributed by atoms with Gasteiger partial charge in [-0.3, -0.25) is 9.80 Å². The standard InChI is InChI=1S/C16H16N2O3/c1-17(12-8-4-3-5-9-12)16(21)18(2)14-11-7-6-10-13(14)15(19)20/h3-11H,1-2H3,(H,19,20). The lowest BCUT2D eigenvalue weighted by atomic mass is 10.1. The number of para-hydroxylation sites is 2. The van der Waals surface area contributed by atoms with Crippen LogP contribution in [0.5, 0.6) is 0 Å². The second-order valence-corrected chi connectivity index (χ2v) is 4.56. The average molecular weight is 284 g/mol. The first kappa shape index (κ1) is 14.6. The number of carbonyl (C=O) groups excluding carboxylic acids is 1. The maximum atomic E-state index is 12.5. The summed E-state index contributed by atoms with van der Waals surface area (Å²) in [5, 5.41) is 9.20. The number of urea groups is 1. The van der Waals surface area contributed by atoms with E-state index in [1.807, 2.05) is 30.3 Å². The number of nitrogens with zero attached hydrogens (tertiary/aromatic N) is 2. The summed E-state index contributed by atoms with van der Waals surface area (Å²) in [6, 6.07) is 15.3. The fourth-order valence-electron chi connectivity index (χ4n) is 2.04. The molecule has 0 radical (unpaired) electrons. The number of carboxylic acids is 1. The maximum absolute atomic E-state index is 12.5. The fraction of sp³-hybridized carbons (Fsp3) is 0.125. The minimum absolute atomic E-state index is 0.0924. The zero-order valence-electron chi connectivity index (χ0n) is 11.9. The first-order valence-electron chi connectivity index (χ1n) is 6.41. The zero-order chi connectivity index (χ0) is 15.4. The van der Waals surface area contributed by atoms with Gasteiger partial charge in [0.15, 0.2) is 0 Å². The Morgan fingerprint density at radius 2 is 1.43 bits per heavy atom. The molecule has 0 aromatic heterocycles. The number of amides is 2. The van der Waals surface area contributed by atoms with Crippen LogP contribution in [-0.4, -0.2) is 31.2 Å². The molecule has 5 heteroatoms. The molecule has 2 aromatic rings. The molecule has 0 bridgehead atoms. The van der Waals surface area contributed by atoms with Crippen molar-refractivity contribution in [3.63, 3.8) is 0 Å². The molecule has 0 aliphatic rings. The number of benzene rings is 2. The van der Waals surface area contributed by atoms with E-state index in [1.165, 1.54) is 15.9 Å². The Morgan fingerprint density at radius 3 is 2.05 bits per heavy atom. The highest BCUT2D eigenvalue weighted by molar-refractivity contribution is 6.06. The monoisotopic (exact) mass is 284 g/mol. The number of rotatable bonds is 3. The number of carboxylic acid groups (broad SMARTS) is 1. The summed E-state index contributed by atoms with van der Waals surface area (Å²) in [6.07, 6.45) is 0. The minimum atomic E-state index is -1.06. The Bertz CT molecular complexity index is 656. The molecule has 1 N–H and O–H groups in total. The third-order valence-corrected chi connectivity index (χ3v) is 3.21. The molecule has 108 valence electrons. The van der Waals surface area contributed by atoms with Gasteiger partial charge in [-0.15, -0.1) is 0 Å². The summed E-state index contributed by atoms with van der Waals surface area (Å²) < 4.78 is 0. The Kier molecular flexibility index (Phi) is 4.23. The molecular formula is C16H16N2O3. The van der Waals surface area contributed by atoms with E-state index in [0.29, 0.717) is 5.69 Å². The van der Waals surface area contributed by atoms with E-state index in [-0.39, 0.29) is 11.6 Å². The van der Waals surface area contributed by atoms with Crippen LogP contribution in [0.15, 0.2) is 54.6 Å². The van der Waals surface area contributed by atoms with Crippen LogP contribution in [-0.2, 0) is 0 Å². The van der Waals surface area contributed by atoms with Crippen molar-refractivity contribution in [2.75, 3.05) is 23.9 Å². The maximum Gasteiger partial charge on any atom is 0.337 e. The van der Waals surface area contributed by atoms with E-state index in [4.69, 9.17) is 0 Å². The number of aromatic carboxylic acids is 1. The van der Waals surface area contributed by atoms with Gasteiger partial charge in [0, 0.05) is 19.8 Å². The van der Waals surface area contributed by atoms with E-state index >= 15 is 0 Å². The van der Waals surface area contributed by atoms with Crippen molar-refractivity contribution in [1.29, 1.82) is 0 Å². The number of anilines is 2. The first-order chi connectivity index (χ1) is 10.0. The van der Waals surface area contributed by atoms with E-state index in [0.717, 1.165) is 5.69 Å². The molecule has 0 saturated heterocycles. The summed E-state index contributed by atoms with van der Waals surface area (Å²) in [4.78, 5) is 26.5. The molecule has 0 spiro atoms. The summed E-state index contributed by atoms with van der Waals surface area (Å²) in [7, 11) is 3.21. The number of carbonyl (C=O) groups is 2. The third-order valence-electron chi connectivity index (χ3n) is 3.21. The normalized spacial score (nSPS) is 10.0. The minimum Gasteiger partial charge on any atom is -0.478 e. The highest BCUT2D eigenvalue weighted by Gasteiger charge is 2.21. The molecule has 0 saturated carbocycles. The summed E-state index contributed by atoms with van der Waals surface area (Å²) >= 11 is 0. The van der Waals surface area contributed by atoms with Crippen molar-refractivity contribution in [3.05, 3.63) is 60.2 Å². The van der Waals surface area contributed by atoms with Gasteiger partial charge in [-0.25, -0.2) is 9.59 Å². The van der Waals surface area contributed by atoms with Crippen LogP contribution in [0.25, 0.3) is 0 Å². The molecule has 0 atom stereocenters. The smallest absolute Gasteiger partial charge is 0.337 e. The molecule has 0 aliphatic heterocycles. The van der Waals surface area contributed by atoms with Gasteiger partial charge in [0.2, 0.25) is 0 Å². The van der Waals surface area contributed by atoms with Crippen LogP contribution in [0.2, 0.25) is 0 Å². The SMILES string of the molecule is CN(C(=O)N(C)c1ccccc1C(=O)O)c1ccccc1. The van der Waals surface area contributed by atoms with Crippen LogP contribution in [0.3, 0.4) is 0 Å². The fourth-order valence-corrected chi connectivity index (χ4v) is 2.04. The van der Waals surface area contributed by atoms with E-state index in [9.17, 15) is 14.7 Å². The van der Waals surface area contributed by atoms with E-state index in [2.05, 4.69) is 0 Å². The van der Waals surface area contributed by atoms with Crippen LogP contribution < -0.4 is 9.80 Å². The first-order valence-corrected chi connectivity index (χ1v) is 6.41. The summed E-state index contributed by atoms with van der Waals surface area (Å²) in [6.45, 7) is 0. The van der Waals surface area contributed by atoms with E-state index in [1.54, 1.807) is 32.3 Å². The van der Waals surface area contributed by atoms with Gasteiger partial charge >= 0.3 is 12.0 Å². The highest BCUT2D eigenvalue weighted by atomic mass is 16.4. The van der Waals surface area contributed by atoms with Crippen LogP contribution in [0, 0.1) is 0 Å². The van der Waals surface area contributed by atoms with Crippen LogP contribution >= 0.6 is 0 Å². The molecule has 2 amide bonds. The Balaban J connectivity index is 2.30. The highest BCUT2D eigenvalue weighted by Crippen LogP contribution is 2.22. The second-order valence-electron chi connectivity index (χ2n) is 4.56. The Hall–Kier alpha value is -2.82. The van der Waals surface area contributed by atoms with Crippen molar-refractivity contribution < 1.29 is 14.7 Å². The average Bonchev–Trinajstić information content (AvgIpc) is 2.53. The Morgan fingerprint density at radius 1 is 0.857 bits per heavy atom. The number of hydrogen-bond donors (Lipinski definition) is 1. The quantitative estimate of drug-likeness (QED) is 0.942. The van der Waals surface area contributed by atoms with Crippen molar-refractivity contribution >= 4 is 23.4 Å². The molecule has 0 fully saturated rings. The van der Waals surface area contributed by atoms with Gasteiger partial charge < -0.3 is 5.11 Å². The van der Waals surface area contributed by atoms with E-state index < -0.39 is 5.97 Å². The van der Waals surface area contributed by atoms with Crippen molar-refractivity contribution in [2.45, 2.75) is 0 Å². The van der Waals surface area contributed by atoms with Gasteiger partial charge in [-0.05, 0) is 24.3 Å². The largest absolute Gasteiger partial charge is 0.478 e. The molecule has 0 heterocycles. The lowest BCUT2D eigenvalue weighted by Crippen LogP contribution is -2.39. The predicted octanol–water partition coefficient (Wildman–Crippen LogP) is 3.08. The summed E-state index contributed by atoms with van der Waals surface area (Å²) in [5.74, 6) is -1.06. The van der Waals surface area contributed by atoms with Crippen LogP contribution in [0.4, 0.5) is 16.2 Å². The molecule has 2 rings (SSSR count). The second kappa shape index (κ2) is 6.09. The predicted molar refractivity (Wildman–Crippen MR) is 82.0 cm³/mol. The lowest BCUT2D eigenvalue weighted by Gasteiger charge is -2.26. The lowest BCUT2D eigenvalue weighted by molar-refractivity contribution is 0.0697. The molecular weight excluding hydrogens is 268 g/mol. The van der Waals surface area contributed by atoms with Crippen LogP contribution in [0.1, 0.15) is 10.4 Å².